The average Bonchev–Trinajstić information content (AvgIpc) is 3.10. The monoisotopic (exact) mass is 542 g/mol. The molecule has 2 amide bonds. The van der Waals surface area contributed by atoms with Crippen LogP contribution in [0.5, 0.6) is 17.2 Å². The molecule has 2 fully saturated rings. The van der Waals surface area contributed by atoms with E-state index in [1.807, 2.05) is 42.5 Å². The zero-order chi connectivity index (χ0) is 27.5. The van der Waals surface area contributed by atoms with Crippen molar-refractivity contribution >= 4 is 23.2 Å². The van der Waals surface area contributed by atoms with E-state index in [-0.39, 0.29) is 18.2 Å². The fourth-order valence-electron chi connectivity index (χ4n) is 5.79. The number of nitrogens with one attached hydrogen (secondary N) is 1. The van der Waals surface area contributed by atoms with Crippen molar-refractivity contribution in [1.29, 1.82) is 0 Å². The Labute approximate surface area is 234 Å². The molecule has 2 saturated heterocycles. The van der Waals surface area contributed by atoms with E-state index in [0.29, 0.717) is 28.4 Å². The van der Waals surface area contributed by atoms with Gasteiger partial charge in [-0.05, 0) is 61.4 Å². The minimum Gasteiger partial charge on any atom is -0.489 e. The molecule has 3 aliphatic rings. The van der Waals surface area contributed by atoms with Crippen LogP contribution in [0.1, 0.15) is 36.2 Å². The van der Waals surface area contributed by atoms with Gasteiger partial charge < -0.3 is 29.3 Å². The number of nitrogens with zero attached hydrogens (tertiary/aromatic N) is 3. The number of amides is 2. The standard InChI is InChI=1S/C31H34N4O5/c1-34-27-8-7-22(35-15-10-31(11-16-35)12-17-38-18-13-31)19-28(27)39-21-26(30(34)37)33-29(36)25-20-24(9-14-32-25)40-23-5-3-2-4-6-23/h2-9,14,19-20,26H,10-13,15-18,21H2,1H3,(H,33,36). The highest BCUT2D eigenvalue weighted by Crippen LogP contribution is 2.42. The number of hydrogen-bond donors (Lipinski definition) is 1. The molecule has 0 bridgehead atoms. The third kappa shape index (κ3) is 5.47. The molecule has 1 spiro atoms. The molecule has 1 unspecified atom stereocenters. The highest BCUT2D eigenvalue weighted by atomic mass is 16.5. The number of piperidine rings is 1. The zero-order valence-corrected chi connectivity index (χ0v) is 22.7. The van der Waals surface area contributed by atoms with Crippen molar-refractivity contribution in [2.45, 2.75) is 31.7 Å². The van der Waals surface area contributed by atoms with Crippen molar-refractivity contribution in [2.24, 2.45) is 5.41 Å². The maximum absolute atomic E-state index is 13.3. The van der Waals surface area contributed by atoms with Gasteiger partial charge in [0.15, 0.2) is 0 Å². The van der Waals surface area contributed by atoms with Gasteiger partial charge in [-0.1, -0.05) is 18.2 Å². The normalized spacial score (nSPS) is 20.3. The molecule has 40 heavy (non-hydrogen) atoms. The van der Waals surface area contributed by atoms with Crippen LogP contribution in [0.4, 0.5) is 11.4 Å². The summed E-state index contributed by atoms with van der Waals surface area (Å²) in [5.74, 6) is 1.03. The quantitative estimate of drug-likeness (QED) is 0.510. The summed E-state index contributed by atoms with van der Waals surface area (Å²) < 4.78 is 17.5. The molecule has 2 aromatic carbocycles. The Morgan fingerprint density at radius 2 is 1.77 bits per heavy atom. The molecule has 1 N–H and O–H groups in total. The van der Waals surface area contributed by atoms with Gasteiger partial charge in [0, 0.05) is 57.4 Å². The molecular formula is C31H34N4O5. The largest absolute Gasteiger partial charge is 0.489 e. The summed E-state index contributed by atoms with van der Waals surface area (Å²) in [6, 6.07) is 17.7. The number of aromatic nitrogens is 1. The summed E-state index contributed by atoms with van der Waals surface area (Å²) >= 11 is 0. The molecule has 9 heteroatoms. The summed E-state index contributed by atoms with van der Waals surface area (Å²) in [7, 11) is 1.71. The lowest BCUT2D eigenvalue weighted by molar-refractivity contribution is -0.120. The van der Waals surface area contributed by atoms with Crippen LogP contribution in [0.25, 0.3) is 0 Å². The van der Waals surface area contributed by atoms with Gasteiger partial charge in [-0.3, -0.25) is 14.6 Å². The molecule has 0 aliphatic carbocycles. The Hall–Kier alpha value is -4.11. The second-order valence-corrected chi connectivity index (χ2v) is 10.8. The number of carbonyl (C=O) groups excluding carboxylic acids is 2. The number of fused-ring (bicyclic) bond motifs is 1. The van der Waals surface area contributed by atoms with Gasteiger partial charge in [-0.2, -0.15) is 0 Å². The topological polar surface area (TPSA) is 93.2 Å². The number of anilines is 2. The van der Waals surface area contributed by atoms with Gasteiger partial charge in [0.05, 0.1) is 5.69 Å². The smallest absolute Gasteiger partial charge is 0.270 e. The van der Waals surface area contributed by atoms with E-state index in [2.05, 4.69) is 21.3 Å². The van der Waals surface area contributed by atoms with Crippen molar-refractivity contribution in [3.8, 4) is 17.2 Å². The van der Waals surface area contributed by atoms with Crippen molar-refractivity contribution in [3.05, 3.63) is 72.6 Å². The Morgan fingerprint density at radius 1 is 1.00 bits per heavy atom. The second kappa shape index (κ2) is 11.2. The lowest BCUT2D eigenvalue weighted by Gasteiger charge is -2.44. The molecule has 4 heterocycles. The van der Waals surface area contributed by atoms with Crippen LogP contribution in [0.3, 0.4) is 0 Å². The van der Waals surface area contributed by atoms with Gasteiger partial charge in [-0.15, -0.1) is 0 Å². The highest BCUT2D eigenvalue weighted by Gasteiger charge is 2.37. The first kappa shape index (κ1) is 26.1. The fraction of sp³-hybridized carbons (Fsp3) is 0.387. The average molecular weight is 543 g/mol. The van der Waals surface area contributed by atoms with Crippen LogP contribution in [-0.2, 0) is 9.53 Å². The third-order valence-electron chi connectivity index (χ3n) is 8.33. The van der Waals surface area contributed by atoms with E-state index >= 15 is 0 Å². The molecule has 1 atom stereocenters. The number of rotatable bonds is 5. The first-order valence-corrected chi connectivity index (χ1v) is 13.9. The second-order valence-electron chi connectivity index (χ2n) is 10.8. The van der Waals surface area contributed by atoms with Crippen LogP contribution in [0.15, 0.2) is 66.9 Å². The first-order valence-electron chi connectivity index (χ1n) is 13.9. The zero-order valence-electron chi connectivity index (χ0n) is 22.7. The maximum Gasteiger partial charge on any atom is 0.270 e. The Kier molecular flexibility index (Phi) is 7.30. The maximum atomic E-state index is 13.3. The SMILES string of the molecule is CN1C(=O)C(NC(=O)c2cc(Oc3ccccc3)ccn2)COc2cc(N3CCC4(CCOCC4)CC3)ccc21. The van der Waals surface area contributed by atoms with E-state index in [1.54, 1.807) is 24.1 Å². The van der Waals surface area contributed by atoms with E-state index in [9.17, 15) is 9.59 Å². The molecule has 9 nitrogen and oxygen atoms in total. The molecule has 3 aromatic rings. The lowest BCUT2D eigenvalue weighted by Crippen LogP contribution is -2.49. The number of pyridine rings is 1. The summed E-state index contributed by atoms with van der Waals surface area (Å²) in [4.78, 5) is 34.5. The molecular weight excluding hydrogens is 508 g/mol. The highest BCUT2D eigenvalue weighted by molar-refractivity contribution is 6.03. The summed E-state index contributed by atoms with van der Waals surface area (Å²) in [5, 5.41) is 2.80. The fourth-order valence-corrected chi connectivity index (χ4v) is 5.79. The van der Waals surface area contributed by atoms with Crippen LogP contribution >= 0.6 is 0 Å². The van der Waals surface area contributed by atoms with E-state index in [1.165, 1.54) is 6.20 Å². The molecule has 6 rings (SSSR count). The van der Waals surface area contributed by atoms with E-state index in [4.69, 9.17) is 14.2 Å². The first-order chi connectivity index (χ1) is 19.5. The van der Waals surface area contributed by atoms with Crippen LogP contribution in [0, 0.1) is 5.41 Å². The molecule has 3 aliphatic heterocycles. The molecule has 0 saturated carbocycles. The Bertz CT molecular complexity index is 1370. The number of benzene rings is 2. The number of para-hydroxylation sites is 1. The molecule has 208 valence electrons. The van der Waals surface area contributed by atoms with Gasteiger partial charge in [0.25, 0.3) is 11.8 Å². The molecule has 1 aromatic heterocycles. The Balaban J connectivity index is 1.11. The van der Waals surface area contributed by atoms with Gasteiger partial charge >= 0.3 is 0 Å². The van der Waals surface area contributed by atoms with Crippen molar-refractivity contribution in [1.82, 2.24) is 10.3 Å². The Morgan fingerprint density at radius 3 is 2.55 bits per heavy atom. The van der Waals surface area contributed by atoms with Gasteiger partial charge in [-0.25, -0.2) is 0 Å². The number of ether oxygens (including phenoxy) is 3. The van der Waals surface area contributed by atoms with Crippen LogP contribution in [-0.4, -0.2) is 62.8 Å². The minimum atomic E-state index is -0.864. The van der Waals surface area contributed by atoms with Gasteiger partial charge in [0.1, 0.15) is 35.6 Å². The van der Waals surface area contributed by atoms with Crippen molar-refractivity contribution < 1.29 is 23.8 Å². The predicted octanol–water partition coefficient (Wildman–Crippen LogP) is 4.42. The summed E-state index contributed by atoms with van der Waals surface area (Å²) in [6.45, 7) is 3.74. The van der Waals surface area contributed by atoms with E-state index in [0.717, 1.165) is 57.7 Å². The predicted molar refractivity (Wildman–Crippen MR) is 151 cm³/mol. The summed E-state index contributed by atoms with van der Waals surface area (Å²) in [5.41, 5.74) is 2.33. The third-order valence-corrected chi connectivity index (χ3v) is 8.33. The minimum absolute atomic E-state index is 0.0225. The van der Waals surface area contributed by atoms with Crippen molar-refractivity contribution in [2.75, 3.05) is 49.8 Å². The van der Waals surface area contributed by atoms with Crippen LogP contribution in [0.2, 0.25) is 0 Å². The van der Waals surface area contributed by atoms with E-state index < -0.39 is 11.9 Å². The number of carbonyl (C=O) groups is 2. The van der Waals surface area contributed by atoms with Crippen LogP contribution < -0.4 is 24.6 Å². The number of hydrogen-bond acceptors (Lipinski definition) is 7. The summed E-state index contributed by atoms with van der Waals surface area (Å²) in [6.07, 6.45) is 6.12. The van der Waals surface area contributed by atoms with Gasteiger partial charge in [0.2, 0.25) is 0 Å². The lowest BCUT2D eigenvalue weighted by atomic mass is 9.72. The number of likely N-dealkylation sites (N-methyl/N-ethyl adjacent to an activating group) is 1. The van der Waals surface area contributed by atoms with Crippen molar-refractivity contribution in [3.63, 3.8) is 0 Å². The molecule has 0 radical (unpaired) electrons.